The van der Waals surface area contributed by atoms with Gasteiger partial charge in [0.15, 0.2) is 11.6 Å². The maximum Gasteiger partial charge on any atom is 0.340 e. The molecule has 0 aromatic carbocycles. The molecule has 1 saturated heterocycles. The first-order valence-corrected chi connectivity index (χ1v) is 10.2. The number of hydrogen-bond donors (Lipinski definition) is 4. The fourth-order valence-electron chi connectivity index (χ4n) is 4.07. The highest BCUT2D eigenvalue weighted by atomic mass is 19.1. The van der Waals surface area contributed by atoms with Gasteiger partial charge in [0.1, 0.15) is 28.9 Å². The predicted molar refractivity (Wildman–Crippen MR) is 110 cm³/mol. The molecule has 0 bridgehead atoms. The number of allylic oxidation sites excluding steroid dienone is 1. The molecule has 1 aromatic heterocycles. The van der Waals surface area contributed by atoms with Crippen LogP contribution in [-0.4, -0.2) is 59.0 Å². The van der Waals surface area contributed by atoms with Crippen molar-refractivity contribution in [2.45, 2.75) is 18.9 Å². The van der Waals surface area contributed by atoms with Gasteiger partial charge in [0.25, 0.3) is 0 Å². The van der Waals surface area contributed by atoms with Crippen LogP contribution in [0.2, 0.25) is 0 Å². The van der Waals surface area contributed by atoms with Gasteiger partial charge in [-0.3, -0.25) is 4.79 Å². The molecule has 1 aliphatic carbocycles. The number of carbonyl (C=O) groups excluding carboxylic acids is 1. The van der Waals surface area contributed by atoms with Crippen LogP contribution in [-0.2, 0) is 14.3 Å². The lowest BCUT2D eigenvalue weighted by molar-refractivity contribution is -0.136. The number of aliphatic carboxylic acids is 1. The van der Waals surface area contributed by atoms with Crippen molar-refractivity contribution in [3.8, 4) is 0 Å². The normalized spacial score (nSPS) is 23.3. The maximum atomic E-state index is 15.3. The van der Waals surface area contributed by atoms with Crippen molar-refractivity contribution in [1.82, 2.24) is 15.2 Å². The standard InChI is InChI=1S/C21H24FN5O4/c22-15-16(23)14-18-20(17(15)26-8-7-25-13-5-1-2-6-24-13)31-10-4-3-9-27(18)11-12(19(14)28)21(29)30/h1-2,5-6,11,14,18,26H,3-4,7-10,23H2,(H,24,25)(H,29,30). The molecule has 10 heteroatoms. The number of hydrogen-bond acceptors (Lipinski definition) is 8. The topological polar surface area (TPSA) is 130 Å². The van der Waals surface area contributed by atoms with E-state index < -0.39 is 35.1 Å². The van der Waals surface area contributed by atoms with Crippen LogP contribution in [0.3, 0.4) is 0 Å². The average molecular weight is 429 g/mol. The third-order valence-electron chi connectivity index (χ3n) is 5.54. The van der Waals surface area contributed by atoms with E-state index in [2.05, 4.69) is 15.6 Å². The zero-order valence-corrected chi connectivity index (χ0v) is 16.8. The van der Waals surface area contributed by atoms with Crippen molar-refractivity contribution < 1.29 is 23.8 Å². The first-order chi connectivity index (χ1) is 15.0. The average Bonchev–Trinajstić information content (AvgIpc) is 2.74. The van der Waals surface area contributed by atoms with Gasteiger partial charge < -0.3 is 31.1 Å². The largest absolute Gasteiger partial charge is 0.493 e. The van der Waals surface area contributed by atoms with E-state index in [1.165, 1.54) is 6.20 Å². The summed E-state index contributed by atoms with van der Waals surface area (Å²) in [6.07, 6.45) is 4.46. The molecule has 9 nitrogen and oxygen atoms in total. The van der Waals surface area contributed by atoms with E-state index in [1.54, 1.807) is 11.1 Å². The van der Waals surface area contributed by atoms with Gasteiger partial charge in [0.2, 0.25) is 0 Å². The highest BCUT2D eigenvalue weighted by molar-refractivity contribution is 6.19. The maximum absolute atomic E-state index is 15.3. The molecule has 164 valence electrons. The van der Waals surface area contributed by atoms with Crippen LogP contribution in [0.25, 0.3) is 0 Å². The van der Waals surface area contributed by atoms with E-state index in [1.807, 2.05) is 18.2 Å². The second-order valence-corrected chi connectivity index (χ2v) is 7.51. The van der Waals surface area contributed by atoms with E-state index in [4.69, 9.17) is 10.5 Å². The Morgan fingerprint density at radius 1 is 1.32 bits per heavy atom. The van der Waals surface area contributed by atoms with Crippen LogP contribution >= 0.6 is 0 Å². The minimum Gasteiger partial charge on any atom is -0.493 e. The van der Waals surface area contributed by atoms with Crippen molar-refractivity contribution in [2.24, 2.45) is 11.7 Å². The number of carboxylic acid groups (broad SMARTS) is 1. The molecule has 4 rings (SSSR count). The molecular formula is C21H24FN5O4. The molecule has 0 spiro atoms. The second-order valence-electron chi connectivity index (χ2n) is 7.51. The van der Waals surface area contributed by atoms with Crippen molar-refractivity contribution >= 4 is 17.6 Å². The molecule has 2 aliphatic heterocycles. The van der Waals surface area contributed by atoms with E-state index in [9.17, 15) is 14.7 Å². The van der Waals surface area contributed by atoms with Gasteiger partial charge in [-0.25, -0.2) is 14.2 Å². The summed E-state index contributed by atoms with van der Waals surface area (Å²) < 4.78 is 21.2. The Bertz CT molecular complexity index is 975. The number of carboxylic acids is 1. The third kappa shape index (κ3) is 3.92. The minimum absolute atomic E-state index is 0.105. The first kappa shape index (κ1) is 20.7. The number of rotatable bonds is 6. The summed E-state index contributed by atoms with van der Waals surface area (Å²) in [5.74, 6) is -3.01. The fourth-order valence-corrected chi connectivity index (χ4v) is 4.07. The van der Waals surface area contributed by atoms with Gasteiger partial charge in [0.05, 0.1) is 18.2 Å². The SMILES string of the molecule is NC1=C(F)C(NCCNc2ccccn2)=C2OCCCCN3C=C(C(=O)O)C(=O)C1C23. The van der Waals surface area contributed by atoms with Crippen molar-refractivity contribution in [3.05, 3.63) is 59.1 Å². The van der Waals surface area contributed by atoms with E-state index in [0.717, 1.165) is 12.8 Å². The Kier molecular flexibility index (Phi) is 5.79. The quantitative estimate of drug-likeness (QED) is 0.388. The number of anilines is 1. The fraction of sp³-hybridized carbons (Fsp3) is 0.381. The van der Waals surface area contributed by atoms with Gasteiger partial charge in [0, 0.05) is 32.0 Å². The summed E-state index contributed by atoms with van der Waals surface area (Å²) in [5.41, 5.74) is 5.48. The number of aromatic nitrogens is 1. The van der Waals surface area contributed by atoms with E-state index in [-0.39, 0.29) is 17.2 Å². The summed E-state index contributed by atoms with van der Waals surface area (Å²) in [6.45, 7) is 1.70. The molecule has 5 N–H and O–H groups in total. The minimum atomic E-state index is -1.35. The van der Waals surface area contributed by atoms with Gasteiger partial charge >= 0.3 is 5.97 Å². The van der Waals surface area contributed by atoms with E-state index in [0.29, 0.717) is 32.1 Å². The van der Waals surface area contributed by atoms with Crippen molar-refractivity contribution in [1.29, 1.82) is 0 Å². The Balaban J connectivity index is 1.62. The van der Waals surface area contributed by atoms with Crippen LogP contribution in [0.5, 0.6) is 0 Å². The number of ether oxygens (including phenoxy) is 1. The number of nitrogens with zero attached hydrogens (tertiary/aromatic N) is 2. The molecule has 0 saturated carbocycles. The van der Waals surface area contributed by atoms with E-state index >= 15 is 4.39 Å². The third-order valence-corrected chi connectivity index (χ3v) is 5.54. The summed E-state index contributed by atoms with van der Waals surface area (Å²) in [5, 5.41) is 15.6. The highest BCUT2D eigenvalue weighted by Crippen LogP contribution is 2.41. The van der Waals surface area contributed by atoms with Crippen LogP contribution in [0, 0.1) is 5.92 Å². The molecule has 1 aromatic rings. The summed E-state index contributed by atoms with van der Waals surface area (Å²) >= 11 is 0. The summed E-state index contributed by atoms with van der Waals surface area (Å²) in [6, 6.07) is 4.81. The molecule has 2 atom stereocenters. The van der Waals surface area contributed by atoms with Crippen LogP contribution in [0.4, 0.5) is 10.2 Å². The van der Waals surface area contributed by atoms with Crippen LogP contribution < -0.4 is 16.4 Å². The van der Waals surface area contributed by atoms with Crippen molar-refractivity contribution in [3.63, 3.8) is 0 Å². The molecule has 2 unspecified atom stereocenters. The molecule has 0 amide bonds. The molecule has 1 fully saturated rings. The lowest BCUT2D eigenvalue weighted by Crippen LogP contribution is -2.53. The summed E-state index contributed by atoms with van der Waals surface area (Å²) in [7, 11) is 0. The Hall–Kier alpha value is -3.56. The first-order valence-electron chi connectivity index (χ1n) is 10.2. The Morgan fingerprint density at radius 2 is 2.13 bits per heavy atom. The zero-order valence-electron chi connectivity index (χ0n) is 16.8. The summed E-state index contributed by atoms with van der Waals surface area (Å²) in [4.78, 5) is 30.3. The number of Topliss-reactive ketones (excluding diaryl/α,β-unsaturated/α-hetero) is 1. The zero-order chi connectivity index (χ0) is 22.0. The number of ketones is 1. The van der Waals surface area contributed by atoms with Gasteiger partial charge in [-0.2, -0.15) is 0 Å². The van der Waals surface area contributed by atoms with Gasteiger partial charge in [-0.05, 0) is 25.0 Å². The number of nitrogens with two attached hydrogens (primary N) is 1. The number of carbonyl (C=O) groups is 2. The number of nitrogens with one attached hydrogen (secondary N) is 2. The number of halogens is 1. The molecule has 31 heavy (non-hydrogen) atoms. The molecular weight excluding hydrogens is 405 g/mol. The van der Waals surface area contributed by atoms with Gasteiger partial charge in [-0.15, -0.1) is 0 Å². The lowest BCUT2D eigenvalue weighted by Gasteiger charge is -2.44. The smallest absolute Gasteiger partial charge is 0.340 e. The Labute approximate surface area is 178 Å². The lowest BCUT2D eigenvalue weighted by atomic mass is 9.79. The Morgan fingerprint density at radius 3 is 2.87 bits per heavy atom. The van der Waals surface area contributed by atoms with Crippen LogP contribution in [0.15, 0.2) is 59.1 Å². The second kappa shape index (κ2) is 8.66. The highest BCUT2D eigenvalue weighted by Gasteiger charge is 2.49. The number of pyridine rings is 1. The van der Waals surface area contributed by atoms with Crippen LogP contribution in [0.1, 0.15) is 12.8 Å². The molecule has 3 heterocycles. The predicted octanol–water partition coefficient (Wildman–Crippen LogP) is 1.10. The molecule has 3 aliphatic rings. The monoisotopic (exact) mass is 429 g/mol. The van der Waals surface area contributed by atoms with Gasteiger partial charge in [-0.1, -0.05) is 6.07 Å². The van der Waals surface area contributed by atoms with Crippen molar-refractivity contribution in [2.75, 3.05) is 31.6 Å². The molecule has 0 radical (unpaired) electrons.